The van der Waals surface area contributed by atoms with Crippen LogP contribution < -0.4 is 15.4 Å². The molecule has 1 unspecified atom stereocenters. The quantitative estimate of drug-likeness (QED) is 0.850. The lowest BCUT2D eigenvalue weighted by atomic mass is 9.99. The molecule has 0 radical (unpaired) electrons. The van der Waals surface area contributed by atoms with Crippen LogP contribution in [0, 0.1) is 5.92 Å². The molecule has 1 aromatic rings. The molecule has 1 aromatic carbocycles. The molecule has 0 saturated carbocycles. The molecule has 5 nitrogen and oxygen atoms in total. The fourth-order valence-corrected chi connectivity index (χ4v) is 3.21. The number of carbonyl (C=O) groups is 1. The first kappa shape index (κ1) is 15.0. The summed E-state index contributed by atoms with van der Waals surface area (Å²) in [5.74, 6) is 1.75. The molecule has 2 aliphatic heterocycles. The van der Waals surface area contributed by atoms with Crippen LogP contribution in [0.3, 0.4) is 0 Å². The second-order valence-corrected chi connectivity index (χ2v) is 6.60. The van der Waals surface area contributed by atoms with E-state index in [2.05, 4.69) is 11.8 Å². The fourth-order valence-electron chi connectivity index (χ4n) is 3.21. The van der Waals surface area contributed by atoms with Gasteiger partial charge in [0.25, 0.3) is 0 Å². The summed E-state index contributed by atoms with van der Waals surface area (Å²) in [7, 11) is 0. The van der Waals surface area contributed by atoms with E-state index in [4.69, 9.17) is 10.5 Å². The molecule has 0 aliphatic carbocycles. The Morgan fingerprint density at radius 2 is 2.05 bits per heavy atom. The lowest BCUT2D eigenvalue weighted by Crippen LogP contribution is -2.47. The number of hydrogen-bond acceptors (Lipinski definition) is 4. The van der Waals surface area contributed by atoms with Crippen LogP contribution in [0.4, 0.5) is 11.4 Å². The van der Waals surface area contributed by atoms with Crippen molar-refractivity contribution in [3.8, 4) is 5.75 Å². The summed E-state index contributed by atoms with van der Waals surface area (Å²) in [4.78, 5) is 16.7. The van der Waals surface area contributed by atoms with Crippen molar-refractivity contribution in [3.05, 3.63) is 18.2 Å². The van der Waals surface area contributed by atoms with Crippen LogP contribution in [-0.4, -0.2) is 43.1 Å². The topological polar surface area (TPSA) is 58.8 Å². The first-order valence-electron chi connectivity index (χ1n) is 8.12. The summed E-state index contributed by atoms with van der Waals surface area (Å²) in [6.07, 6.45) is 2.29. The van der Waals surface area contributed by atoms with E-state index < -0.39 is 0 Å². The molecule has 2 heterocycles. The Labute approximate surface area is 132 Å². The molecule has 1 amide bonds. The van der Waals surface area contributed by atoms with Crippen molar-refractivity contribution in [1.82, 2.24) is 4.90 Å². The SMILES string of the molecule is CC1CCN(C(=O)CN2CC(C)Oc3ccc(N)cc32)CC1. The van der Waals surface area contributed by atoms with Crippen LogP contribution in [-0.2, 0) is 4.79 Å². The number of nitrogen functional groups attached to an aromatic ring is 1. The highest BCUT2D eigenvalue weighted by atomic mass is 16.5. The zero-order chi connectivity index (χ0) is 15.7. The van der Waals surface area contributed by atoms with Gasteiger partial charge in [-0.3, -0.25) is 4.79 Å². The second kappa shape index (κ2) is 6.07. The van der Waals surface area contributed by atoms with Gasteiger partial charge in [0.05, 0.1) is 18.8 Å². The molecule has 2 N–H and O–H groups in total. The monoisotopic (exact) mass is 303 g/mol. The number of anilines is 2. The van der Waals surface area contributed by atoms with E-state index in [9.17, 15) is 4.79 Å². The van der Waals surface area contributed by atoms with E-state index in [0.717, 1.165) is 43.3 Å². The average molecular weight is 303 g/mol. The number of amides is 1. The predicted molar refractivity (Wildman–Crippen MR) is 88.1 cm³/mol. The Kier molecular flexibility index (Phi) is 4.14. The van der Waals surface area contributed by atoms with Gasteiger partial charge in [0.2, 0.25) is 5.91 Å². The number of piperidine rings is 1. The molecule has 0 bridgehead atoms. The molecule has 120 valence electrons. The minimum absolute atomic E-state index is 0.0744. The number of hydrogen-bond donors (Lipinski definition) is 1. The number of benzene rings is 1. The third-order valence-electron chi connectivity index (χ3n) is 4.59. The molecule has 1 fully saturated rings. The van der Waals surface area contributed by atoms with Gasteiger partial charge >= 0.3 is 0 Å². The molecule has 2 aliphatic rings. The smallest absolute Gasteiger partial charge is 0.242 e. The summed E-state index contributed by atoms with van der Waals surface area (Å²) in [6, 6.07) is 5.62. The lowest BCUT2D eigenvalue weighted by Gasteiger charge is -2.37. The molecule has 0 spiro atoms. The first-order valence-corrected chi connectivity index (χ1v) is 8.12. The summed E-state index contributed by atoms with van der Waals surface area (Å²) in [5, 5.41) is 0. The van der Waals surface area contributed by atoms with Crippen molar-refractivity contribution in [3.63, 3.8) is 0 Å². The number of carbonyl (C=O) groups excluding carboxylic acids is 1. The highest BCUT2D eigenvalue weighted by Crippen LogP contribution is 2.35. The summed E-state index contributed by atoms with van der Waals surface area (Å²) >= 11 is 0. The highest BCUT2D eigenvalue weighted by Gasteiger charge is 2.27. The van der Waals surface area contributed by atoms with E-state index >= 15 is 0 Å². The second-order valence-electron chi connectivity index (χ2n) is 6.60. The lowest BCUT2D eigenvalue weighted by molar-refractivity contribution is -0.131. The molecule has 3 rings (SSSR count). The number of ether oxygens (including phenoxy) is 1. The maximum absolute atomic E-state index is 12.6. The van der Waals surface area contributed by atoms with Crippen molar-refractivity contribution in [2.45, 2.75) is 32.8 Å². The Bertz CT molecular complexity index is 553. The zero-order valence-corrected chi connectivity index (χ0v) is 13.4. The normalized spacial score (nSPS) is 22.2. The van der Waals surface area contributed by atoms with Crippen LogP contribution in [0.15, 0.2) is 18.2 Å². The van der Waals surface area contributed by atoms with Gasteiger partial charge in [0.1, 0.15) is 11.9 Å². The minimum atomic E-state index is 0.0744. The third-order valence-corrected chi connectivity index (χ3v) is 4.59. The van der Waals surface area contributed by atoms with Crippen LogP contribution in [0.2, 0.25) is 0 Å². The number of nitrogens with zero attached hydrogens (tertiary/aromatic N) is 2. The molecule has 5 heteroatoms. The van der Waals surface area contributed by atoms with Crippen LogP contribution in [0.25, 0.3) is 0 Å². The van der Waals surface area contributed by atoms with Gasteiger partial charge in [0, 0.05) is 18.8 Å². The van der Waals surface area contributed by atoms with E-state index in [1.165, 1.54) is 0 Å². The predicted octanol–water partition coefficient (Wildman–Crippen LogP) is 2.11. The Hall–Kier alpha value is -1.91. The first-order chi connectivity index (χ1) is 10.5. The minimum Gasteiger partial charge on any atom is -0.487 e. The maximum Gasteiger partial charge on any atom is 0.242 e. The van der Waals surface area contributed by atoms with Crippen molar-refractivity contribution in [2.24, 2.45) is 5.92 Å². The summed E-state index contributed by atoms with van der Waals surface area (Å²) in [6.45, 7) is 7.15. The molecular formula is C17H25N3O2. The van der Waals surface area contributed by atoms with Gasteiger partial charge in [-0.25, -0.2) is 0 Å². The maximum atomic E-state index is 12.6. The van der Waals surface area contributed by atoms with Crippen molar-refractivity contribution < 1.29 is 9.53 Å². The number of nitrogens with two attached hydrogens (primary N) is 1. The van der Waals surface area contributed by atoms with Crippen LogP contribution in [0.5, 0.6) is 5.75 Å². The number of likely N-dealkylation sites (tertiary alicyclic amines) is 1. The van der Waals surface area contributed by atoms with Gasteiger partial charge in [-0.15, -0.1) is 0 Å². The van der Waals surface area contributed by atoms with Crippen molar-refractivity contribution >= 4 is 17.3 Å². The summed E-state index contributed by atoms with van der Waals surface area (Å²) < 4.78 is 5.84. The number of rotatable bonds is 2. The van der Waals surface area contributed by atoms with Gasteiger partial charge in [-0.05, 0) is 43.9 Å². The highest BCUT2D eigenvalue weighted by molar-refractivity contribution is 5.83. The van der Waals surface area contributed by atoms with Crippen molar-refractivity contribution in [1.29, 1.82) is 0 Å². The van der Waals surface area contributed by atoms with Crippen LogP contribution >= 0.6 is 0 Å². The van der Waals surface area contributed by atoms with E-state index in [-0.39, 0.29) is 12.0 Å². The van der Waals surface area contributed by atoms with E-state index in [1.54, 1.807) is 0 Å². The van der Waals surface area contributed by atoms with Gasteiger partial charge in [-0.2, -0.15) is 0 Å². The fraction of sp³-hybridized carbons (Fsp3) is 0.588. The Balaban J connectivity index is 1.72. The molecular weight excluding hydrogens is 278 g/mol. The molecule has 1 saturated heterocycles. The zero-order valence-electron chi connectivity index (χ0n) is 13.4. The van der Waals surface area contributed by atoms with E-state index in [0.29, 0.717) is 18.8 Å². The standard InChI is InChI=1S/C17H25N3O2/c1-12-5-7-19(8-6-12)17(21)11-20-10-13(2)22-16-4-3-14(18)9-15(16)20/h3-4,9,12-13H,5-8,10-11,18H2,1-2H3. The average Bonchev–Trinajstić information content (AvgIpc) is 2.48. The Morgan fingerprint density at radius 3 is 2.77 bits per heavy atom. The Morgan fingerprint density at radius 1 is 1.32 bits per heavy atom. The number of fused-ring (bicyclic) bond motifs is 1. The molecule has 0 aromatic heterocycles. The largest absolute Gasteiger partial charge is 0.487 e. The molecule has 1 atom stereocenters. The van der Waals surface area contributed by atoms with Gasteiger partial charge in [0.15, 0.2) is 0 Å². The van der Waals surface area contributed by atoms with Gasteiger partial charge in [-0.1, -0.05) is 6.92 Å². The molecule has 22 heavy (non-hydrogen) atoms. The van der Waals surface area contributed by atoms with Gasteiger partial charge < -0.3 is 20.3 Å². The van der Waals surface area contributed by atoms with Crippen molar-refractivity contribution in [2.75, 3.05) is 36.8 Å². The van der Waals surface area contributed by atoms with Crippen LogP contribution in [0.1, 0.15) is 26.7 Å². The summed E-state index contributed by atoms with van der Waals surface area (Å²) in [5.41, 5.74) is 7.51. The third kappa shape index (κ3) is 3.13. The van der Waals surface area contributed by atoms with E-state index in [1.807, 2.05) is 30.0 Å².